The number of fused-ring (bicyclic) bond motifs is 6. The number of rotatable bonds is 4. The van der Waals surface area contributed by atoms with Gasteiger partial charge in [0.2, 0.25) is 0 Å². The SMILES string of the molecule is [Pt+2].[c-]1cccc2ccn3cc(CCCc4cn5ccc6ccc[c-]c6c5n4)nc3c12. The van der Waals surface area contributed by atoms with Crippen molar-refractivity contribution >= 4 is 32.8 Å². The number of hydrogen-bond acceptors (Lipinski definition) is 2. The second kappa shape index (κ2) is 7.70. The minimum atomic E-state index is 0. The third-order valence-corrected chi connectivity index (χ3v) is 5.48. The molecule has 0 aliphatic heterocycles. The summed E-state index contributed by atoms with van der Waals surface area (Å²) in [5.41, 5.74) is 4.18. The Labute approximate surface area is 188 Å². The molecule has 0 unspecified atom stereocenters. The molecule has 4 nitrogen and oxygen atoms in total. The summed E-state index contributed by atoms with van der Waals surface area (Å²) in [7, 11) is 0. The van der Waals surface area contributed by atoms with Crippen molar-refractivity contribution in [2.24, 2.45) is 0 Å². The van der Waals surface area contributed by atoms with Crippen molar-refractivity contribution in [3.63, 3.8) is 0 Å². The van der Waals surface area contributed by atoms with Crippen LogP contribution in [0.3, 0.4) is 0 Å². The Morgan fingerprint density at radius 1 is 0.700 bits per heavy atom. The molecule has 0 saturated carbocycles. The molecular formula is C25H18N4Pt. The molecule has 0 radical (unpaired) electrons. The van der Waals surface area contributed by atoms with Crippen LogP contribution in [-0.2, 0) is 33.9 Å². The molecule has 30 heavy (non-hydrogen) atoms. The number of benzene rings is 2. The van der Waals surface area contributed by atoms with Gasteiger partial charge in [0.25, 0.3) is 0 Å². The summed E-state index contributed by atoms with van der Waals surface area (Å²) in [5, 5.41) is 4.49. The number of imidazole rings is 2. The first-order chi connectivity index (χ1) is 14.3. The first-order valence-electron chi connectivity index (χ1n) is 9.89. The molecule has 4 heterocycles. The van der Waals surface area contributed by atoms with E-state index in [0.29, 0.717) is 0 Å². The number of hydrogen-bond donors (Lipinski definition) is 0. The minimum absolute atomic E-state index is 0. The zero-order valence-corrected chi connectivity index (χ0v) is 18.4. The van der Waals surface area contributed by atoms with Crippen LogP contribution in [0.5, 0.6) is 0 Å². The number of aromatic nitrogens is 4. The van der Waals surface area contributed by atoms with Gasteiger partial charge < -0.3 is 8.80 Å². The second-order valence-electron chi connectivity index (χ2n) is 7.41. The van der Waals surface area contributed by atoms with Crippen LogP contribution in [-0.4, -0.2) is 18.8 Å². The Morgan fingerprint density at radius 3 is 1.70 bits per heavy atom. The third kappa shape index (κ3) is 3.22. The van der Waals surface area contributed by atoms with E-state index in [1.165, 1.54) is 10.8 Å². The van der Waals surface area contributed by atoms with Crippen LogP contribution in [0, 0.1) is 12.1 Å². The fourth-order valence-electron chi connectivity index (χ4n) is 4.06. The summed E-state index contributed by atoms with van der Waals surface area (Å²) >= 11 is 0. The Morgan fingerprint density at radius 2 is 1.20 bits per heavy atom. The van der Waals surface area contributed by atoms with Crippen LogP contribution >= 0.6 is 0 Å². The molecule has 0 aliphatic rings. The van der Waals surface area contributed by atoms with Crippen molar-refractivity contribution in [2.75, 3.05) is 0 Å². The molecule has 5 heteroatoms. The molecule has 0 N–H and O–H groups in total. The maximum Gasteiger partial charge on any atom is 2.00 e. The first-order valence-corrected chi connectivity index (χ1v) is 9.89. The van der Waals surface area contributed by atoms with E-state index in [1.54, 1.807) is 0 Å². The molecule has 4 aromatic heterocycles. The molecule has 6 aromatic rings. The standard InChI is InChI=1S/C25H18N4.Pt/c1-3-10-22-18(6-1)12-14-28-16-20(26-24(22)28)8-5-9-21-17-29-15-13-19-7-2-4-11-23(19)25(29)27-21;/h1-4,6-7,12-17H,5,8-9H2;/q-2;+2. The van der Waals surface area contributed by atoms with E-state index >= 15 is 0 Å². The van der Waals surface area contributed by atoms with E-state index in [0.717, 1.165) is 52.7 Å². The summed E-state index contributed by atoms with van der Waals surface area (Å²) in [4.78, 5) is 9.71. The molecular weight excluding hydrogens is 551 g/mol. The molecule has 0 amide bonds. The molecule has 148 valence electrons. The Balaban J connectivity index is 0.00000193. The predicted octanol–water partition coefficient (Wildman–Crippen LogP) is 5.06. The van der Waals surface area contributed by atoms with E-state index < -0.39 is 0 Å². The van der Waals surface area contributed by atoms with Gasteiger partial charge in [0.1, 0.15) is 0 Å². The summed E-state index contributed by atoms with van der Waals surface area (Å²) in [6.45, 7) is 0. The van der Waals surface area contributed by atoms with Gasteiger partial charge in [0, 0.05) is 23.8 Å². The average Bonchev–Trinajstić information content (AvgIpc) is 3.37. The Bertz CT molecular complexity index is 1380. The van der Waals surface area contributed by atoms with E-state index in [9.17, 15) is 0 Å². The van der Waals surface area contributed by atoms with Crippen molar-refractivity contribution < 1.29 is 21.1 Å². The van der Waals surface area contributed by atoms with Gasteiger partial charge in [-0.2, -0.15) is 0 Å². The zero-order chi connectivity index (χ0) is 19.2. The van der Waals surface area contributed by atoms with Crippen molar-refractivity contribution in [1.82, 2.24) is 18.8 Å². The number of aryl methyl sites for hydroxylation is 2. The fourth-order valence-corrected chi connectivity index (χ4v) is 4.06. The van der Waals surface area contributed by atoms with E-state index in [-0.39, 0.29) is 21.1 Å². The van der Waals surface area contributed by atoms with Crippen LogP contribution in [0.1, 0.15) is 17.8 Å². The number of pyridine rings is 2. The van der Waals surface area contributed by atoms with Crippen LogP contribution in [0.2, 0.25) is 0 Å². The molecule has 0 spiro atoms. The van der Waals surface area contributed by atoms with E-state index in [2.05, 4.69) is 70.0 Å². The third-order valence-electron chi connectivity index (χ3n) is 5.48. The van der Waals surface area contributed by atoms with Crippen molar-refractivity contribution in [1.29, 1.82) is 0 Å². The van der Waals surface area contributed by atoms with Crippen LogP contribution in [0.4, 0.5) is 0 Å². The first kappa shape index (κ1) is 19.0. The van der Waals surface area contributed by atoms with Crippen molar-refractivity contribution in [3.8, 4) is 0 Å². The summed E-state index contributed by atoms with van der Waals surface area (Å²) < 4.78 is 4.20. The smallest absolute Gasteiger partial charge is 0.347 e. The maximum absolute atomic E-state index is 4.86. The summed E-state index contributed by atoms with van der Waals surface area (Å²) in [6, 6.07) is 23.0. The fraction of sp³-hybridized carbons (Fsp3) is 0.120. The maximum atomic E-state index is 4.86. The topological polar surface area (TPSA) is 34.6 Å². The second-order valence-corrected chi connectivity index (χ2v) is 7.41. The average molecular weight is 570 g/mol. The van der Waals surface area contributed by atoms with Gasteiger partial charge in [-0.05, 0) is 31.7 Å². The van der Waals surface area contributed by atoms with Crippen LogP contribution < -0.4 is 0 Å². The van der Waals surface area contributed by atoms with Gasteiger partial charge in [-0.3, -0.25) is 9.97 Å². The van der Waals surface area contributed by atoms with Gasteiger partial charge in [0.05, 0.1) is 11.3 Å². The van der Waals surface area contributed by atoms with Crippen molar-refractivity contribution in [2.45, 2.75) is 19.3 Å². The van der Waals surface area contributed by atoms with Crippen LogP contribution in [0.25, 0.3) is 32.8 Å². The predicted molar refractivity (Wildman–Crippen MR) is 115 cm³/mol. The zero-order valence-electron chi connectivity index (χ0n) is 16.2. The number of nitrogens with zero attached hydrogens (tertiary/aromatic N) is 4. The van der Waals surface area contributed by atoms with E-state index in [1.807, 2.05) is 24.3 Å². The Kier molecular flexibility index (Phi) is 4.88. The van der Waals surface area contributed by atoms with Crippen LogP contribution in [0.15, 0.2) is 73.3 Å². The molecule has 0 fully saturated rings. The molecule has 2 aromatic carbocycles. The monoisotopic (exact) mass is 569 g/mol. The summed E-state index contributed by atoms with van der Waals surface area (Å²) in [6.07, 6.45) is 11.3. The van der Waals surface area contributed by atoms with Gasteiger partial charge in [-0.15, -0.1) is 70.1 Å². The quantitative estimate of drug-likeness (QED) is 0.278. The molecule has 0 atom stereocenters. The molecule has 0 aliphatic carbocycles. The van der Waals surface area contributed by atoms with Gasteiger partial charge >= 0.3 is 21.1 Å². The van der Waals surface area contributed by atoms with Gasteiger partial charge in [0.15, 0.2) is 0 Å². The molecule has 0 bridgehead atoms. The molecule has 0 saturated heterocycles. The van der Waals surface area contributed by atoms with Crippen molar-refractivity contribution in [3.05, 3.63) is 96.8 Å². The summed E-state index contributed by atoms with van der Waals surface area (Å²) in [5.74, 6) is 0. The molecule has 6 rings (SSSR count). The minimum Gasteiger partial charge on any atom is -0.347 e. The van der Waals surface area contributed by atoms with E-state index in [4.69, 9.17) is 9.97 Å². The van der Waals surface area contributed by atoms with Gasteiger partial charge in [-0.1, -0.05) is 12.1 Å². The largest absolute Gasteiger partial charge is 2.00 e. The van der Waals surface area contributed by atoms with Gasteiger partial charge in [-0.25, -0.2) is 0 Å². The normalized spacial score (nSPS) is 11.5. The Hall–Kier alpha value is -2.97.